The lowest BCUT2D eigenvalue weighted by Gasteiger charge is -2.08. The number of carbonyl (C=O) groups is 1. The van der Waals surface area contributed by atoms with Gasteiger partial charge in [0.25, 0.3) is 0 Å². The van der Waals surface area contributed by atoms with Crippen LogP contribution in [0.5, 0.6) is 5.75 Å². The van der Waals surface area contributed by atoms with Crippen molar-refractivity contribution in [2.24, 2.45) is 0 Å². The lowest BCUT2D eigenvalue weighted by atomic mass is 10.2. The van der Waals surface area contributed by atoms with Gasteiger partial charge in [0.05, 0.1) is 4.88 Å². The van der Waals surface area contributed by atoms with Gasteiger partial charge in [-0.3, -0.25) is 0 Å². The second kappa shape index (κ2) is 5.73. The third kappa shape index (κ3) is 3.04. The van der Waals surface area contributed by atoms with Gasteiger partial charge in [-0.2, -0.15) is 0 Å². The smallest absolute Gasteiger partial charge is 0.339 e. The molecule has 0 saturated carbocycles. The molecule has 0 amide bonds. The maximum Gasteiger partial charge on any atom is 0.339 e. The van der Waals surface area contributed by atoms with Crippen molar-refractivity contribution < 1.29 is 14.6 Å². The number of carboxylic acids is 1. The first-order valence-corrected chi connectivity index (χ1v) is 7.00. The Morgan fingerprint density at radius 1 is 1.44 bits per heavy atom. The van der Waals surface area contributed by atoms with Crippen molar-refractivity contribution in [2.75, 3.05) is 0 Å². The zero-order chi connectivity index (χ0) is 13.1. The maximum absolute atomic E-state index is 11.1. The highest BCUT2D eigenvalue weighted by atomic mass is 79.9. The Balaban J connectivity index is 2.19. The average molecular weight is 348 g/mol. The van der Waals surface area contributed by atoms with E-state index in [1.165, 1.54) is 6.07 Å². The topological polar surface area (TPSA) is 46.5 Å². The number of carboxylic acid groups (broad SMARTS) is 1. The van der Waals surface area contributed by atoms with Crippen LogP contribution in [-0.4, -0.2) is 11.1 Å². The van der Waals surface area contributed by atoms with Gasteiger partial charge in [-0.25, -0.2) is 4.79 Å². The molecule has 0 aliphatic rings. The molecule has 1 heterocycles. The summed E-state index contributed by atoms with van der Waals surface area (Å²) in [4.78, 5) is 12.1. The average Bonchev–Trinajstić information content (AvgIpc) is 2.73. The van der Waals surface area contributed by atoms with Gasteiger partial charge in [0, 0.05) is 9.50 Å². The highest BCUT2D eigenvalue weighted by molar-refractivity contribution is 9.10. The first-order chi connectivity index (χ1) is 8.58. The van der Waals surface area contributed by atoms with Gasteiger partial charge in [0.2, 0.25) is 0 Å². The fourth-order valence-electron chi connectivity index (χ4n) is 1.37. The molecule has 0 radical (unpaired) electrons. The second-order valence-corrected chi connectivity index (χ2v) is 5.72. The summed E-state index contributed by atoms with van der Waals surface area (Å²) >= 11 is 10.7. The first-order valence-electron chi connectivity index (χ1n) is 4.95. The fraction of sp³-hybridized carbons (Fsp3) is 0.0833. The summed E-state index contributed by atoms with van der Waals surface area (Å²) in [6.07, 6.45) is 0. The molecule has 0 aliphatic heterocycles. The summed E-state index contributed by atoms with van der Waals surface area (Å²) in [5.41, 5.74) is 0.0650. The number of rotatable bonds is 4. The summed E-state index contributed by atoms with van der Waals surface area (Å²) in [5, 5.41) is 11.4. The lowest BCUT2D eigenvalue weighted by Crippen LogP contribution is -2.02. The van der Waals surface area contributed by atoms with Crippen molar-refractivity contribution in [2.45, 2.75) is 6.61 Å². The molecule has 1 N–H and O–H groups in total. The standard InChI is InChI=1S/C12H8BrClO3S/c13-9-3-4-18-11(9)6-17-10-2-1-7(14)5-8(10)12(15)16/h1-5H,6H2,(H,15,16). The van der Waals surface area contributed by atoms with E-state index in [0.29, 0.717) is 17.4 Å². The summed E-state index contributed by atoms with van der Waals surface area (Å²) in [5.74, 6) is -0.745. The molecule has 0 unspecified atom stereocenters. The Hall–Kier alpha value is -1.04. The minimum absolute atomic E-state index is 0.0650. The minimum Gasteiger partial charge on any atom is -0.487 e. The third-order valence-corrected chi connectivity index (χ3v) is 4.36. The van der Waals surface area contributed by atoms with Crippen LogP contribution >= 0.6 is 38.9 Å². The molecule has 0 saturated heterocycles. The normalized spacial score (nSPS) is 10.3. The van der Waals surface area contributed by atoms with Crippen molar-refractivity contribution >= 4 is 44.8 Å². The summed E-state index contributed by atoms with van der Waals surface area (Å²) in [6.45, 7) is 0.320. The van der Waals surface area contributed by atoms with Crippen LogP contribution in [0, 0.1) is 0 Å². The third-order valence-electron chi connectivity index (χ3n) is 2.22. The molecule has 1 aromatic carbocycles. The molecular weight excluding hydrogens is 340 g/mol. The number of halogens is 2. The molecule has 0 bridgehead atoms. The zero-order valence-electron chi connectivity index (χ0n) is 9.02. The number of hydrogen-bond donors (Lipinski definition) is 1. The Morgan fingerprint density at radius 3 is 2.83 bits per heavy atom. The molecule has 94 valence electrons. The van der Waals surface area contributed by atoms with Crippen LogP contribution in [-0.2, 0) is 6.61 Å². The van der Waals surface area contributed by atoms with Crippen LogP contribution in [0.4, 0.5) is 0 Å². The van der Waals surface area contributed by atoms with E-state index in [-0.39, 0.29) is 5.56 Å². The van der Waals surface area contributed by atoms with E-state index < -0.39 is 5.97 Å². The predicted octanol–water partition coefficient (Wildman–Crippen LogP) is 4.44. The predicted molar refractivity (Wildman–Crippen MR) is 74.8 cm³/mol. The van der Waals surface area contributed by atoms with Gasteiger partial charge >= 0.3 is 5.97 Å². The largest absolute Gasteiger partial charge is 0.487 e. The SMILES string of the molecule is O=C(O)c1cc(Cl)ccc1OCc1sccc1Br. The summed E-state index contributed by atoms with van der Waals surface area (Å²) < 4.78 is 6.48. The van der Waals surface area contributed by atoms with E-state index in [2.05, 4.69) is 15.9 Å². The van der Waals surface area contributed by atoms with Crippen molar-refractivity contribution in [1.29, 1.82) is 0 Å². The minimum atomic E-state index is -1.06. The van der Waals surface area contributed by atoms with Crippen molar-refractivity contribution in [3.8, 4) is 5.75 Å². The molecule has 3 nitrogen and oxygen atoms in total. The number of ether oxygens (including phenoxy) is 1. The monoisotopic (exact) mass is 346 g/mol. The van der Waals surface area contributed by atoms with Gasteiger partial charge in [-0.1, -0.05) is 11.6 Å². The molecule has 2 aromatic rings. The maximum atomic E-state index is 11.1. The van der Waals surface area contributed by atoms with Crippen LogP contribution in [0.15, 0.2) is 34.1 Å². The van der Waals surface area contributed by atoms with Gasteiger partial charge in [-0.05, 0) is 45.6 Å². The van der Waals surface area contributed by atoms with E-state index in [0.717, 1.165) is 9.35 Å². The Bertz CT molecular complexity index is 582. The van der Waals surface area contributed by atoms with Crippen molar-refractivity contribution in [1.82, 2.24) is 0 Å². The number of thiophene rings is 1. The highest BCUT2D eigenvalue weighted by Crippen LogP contribution is 2.27. The zero-order valence-corrected chi connectivity index (χ0v) is 12.2. The van der Waals surface area contributed by atoms with Gasteiger partial charge in [-0.15, -0.1) is 11.3 Å². The van der Waals surface area contributed by atoms with Crippen molar-refractivity contribution in [3.05, 3.63) is 49.6 Å². The molecule has 0 atom stereocenters. The second-order valence-electron chi connectivity index (χ2n) is 3.43. The van der Waals surface area contributed by atoms with E-state index >= 15 is 0 Å². The Labute approximate surface area is 121 Å². The molecule has 1 aromatic heterocycles. The van der Waals surface area contributed by atoms with Crippen LogP contribution in [0.3, 0.4) is 0 Å². The van der Waals surface area contributed by atoms with Crippen molar-refractivity contribution in [3.63, 3.8) is 0 Å². The van der Waals surface area contributed by atoms with Crippen LogP contribution in [0.1, 0.15) is 15.2 Å². The Morgan fingerprint density at radius 2 is 2.22 bits per heavy atom. The molecular formula is C12H8BrClO3S. The molecule has 2 rings (SSSR count). The summed E-state index contributed by atoms with van der Waals surface area (Å²) in [7, 11) is 0. The molecule has 18 heavy (non-hydrogen) atoms. The Kier molecular flexibility index (Phi) is 4.27. The highest BCUT2D eigenvalue weighted by Gasteiger charge is 2.12. The van der Waals surface area contributed by atoms with Gasteiger partial charge < -0.3 is 9.84 Å². The van der Waals surface area contributed by atoms with E-state index in [1.807, 2.05) is 11.4 Å². The number of benzene rings is 1. The van der Waals surface area contributed by atoms with E-state index in [1.54, 1.807) is 23.5 Å². The van der Waals surface area contributed by atoms with Gasteiger partial charge in [0.1, 0.15) is 17.9 Å². The van der Waals surface area contributed by atoms with E-state index in [4.69, 9.17) is 21.4 Å². The molecule has 0 fully saturated rings. The summed E-state index contributed by atoms with van der Waals surface area (Å²) in [6, 6.07) is 6.46. The molecule has 0 spiro atoms. The van der Waals surface area contributed by atoms with Crippen LogP contribution in [0.25, 0.3) is 0 Å². The molecule has 6 heteroatoms. The lowest BCUT2D eigenvalue weighted by molar-refractivity contribution is 0.0692. The number of hydrogen-bond acceptors (Lipinski definition) is 3. The van der Waals surface area contributed by atoms with Crippen LogP contribution in [0.2, 0.25) is 5.02 Å². The number of aromatic carboxylic acids is 1. The quantitative estimate of drug-likeness (QED) is 0.889. The first kappa shape index (κ1) is 13.4. The molecule has 0 aliphatic carbocycles. The van der Waals surface area contributed by atoms with Crippen LogP contribution < -0.4 is 4.74 Å². The fourth-order valence-corrected chi connectivity index (χ4v) is 2.92. The van der Waals surface area contributed by atoms with E-state index in [9.17, 15) is 4.79 Å². The van der Waals surface area contributed by atoms with Gasteiger partial charge in [0.15, 0.2) is 0 Å².